The van der Waals surface area contributed by atoms with Gasteiger partial charge in [-0.15, -0.1) is 10.2 Å². The van der Waals surface area contributed by atoms with E-state index in [2.05, 4.69) is 10.2 Å². The van der Waals surface area contributed by atoms with E-state index in [0.717, 1.165) is 0 Å². The number of methoxy groups -OCH3 is 1. The third-order valence-electron chi connectivity index (χ3n) is 4.77. The van der Waals surface area contributed by atoms with Crippen molar-refractivity contribution in [2.45, 2.75) is 32.1 Å². The zero-order chi connectivity index (χ0) is 23.3. The summed E-state index contributed by atoms with van der Waals surface area (Å²) in [5.74, 6) is 0.0220. The molecule has 2 aromatic carbocycles. The van der Waals surface area contributed by atoms with Crippen molar-refractivity contribution in [3.8, 4) is 17.1 Å². The summed E-state index contributed by atoms with van der Waals surface area (Å²) >= 11 is 1.25. The molecule has 0 aliphatic heterocycles. The molecule has 32 heavy (non-hydrogen) atoms. The lowest BCUT2D eigenvalue weighted by atomic mass is 10.2. The van der Waals surface area contributed by atoms with Gasteiger partial charge in [-0.2, -0.15) is 0 Å². The lowest BCUT2D eigenvalue weighted by molar-refractivity contribution is -0.127. The van der Waals surface area contributed by atoms with E-state index in [4.69, 9.17) is 4.74 Å². The summed E-state index contributed by atoms with van der Waals surface area (Å²) in [4.78, 5) is 14.2. The van der Waals surface area contributed by atoms with Crippen LogP contribution in [-0.4, -0.2) is 45.5 Å². The van der Waals surface area contributed by atoms with Crippen LogP contribution >= 0.6 is 11.8 Å². The molecule has 170 valence electrons. The lowest BCUT2D eigenvalue weighted by Gasteiger charge is -2.18. The smallest absolute Gasteiger partial charge is 0.233 e. The van der Waals surface area contributed by atoms with Crippen LogP contribution in [0.15, 0.2) is 47.6 Å². The summed E-state index contributed by atoms with van der Waals surface area (Å²) in [6.45, 7) is 4.95. The monoisotopic (exact) mass is 460 g/mol. The van der Waals surface area contributed by atoms with Gasteiger partial charge in [-0.3, -0.25) is 4.79 Å². The van der Waals surface area contributed by atoms with Crippen LogP contribution in [0.2, 0.25) is 0 Å². The Morgan fingerprint density at radius 2 is 1.91 bits per heavy atom. The maximum atomic E-state index is 14.3. The Morgan fingerprint density at radius 1 is 1.16 bits per heavy atom. The standard InChI is InChI=1S/C23H26F2N4O2S/c1-15(2)12-29-22(17-7-5-6-8-18(17)24)26-27-23(29)32-14-21(30)28(3)13-16-9-10-20(31-4)19(25)11-16/h5-11,15H,12-14H2,1-4H3. The van der Waals surface area contributed by atoms with E-state index in [1.807, 2.05) is 18.4 Å². The van der Waals surface area contributed by atoms with Crippen molar-refractivity contribution in [3.63, 3.8) is 0 Å². The highest BCUT2D eigenvalue weighted by Gasteiger charge is 2.20. The van der Waals surface area contributed by atoms with E-state index >= 15 is 0 Å². The van der Waals surface area contributed by atoms with Gasteiger partial charge >= 0.3 is 0 Å². The molecule has 1 heterocycles. The van der Waals surface area contributed by atoms with Gasteiger partial charge in [-0.05, 0) is 35.7 Å². The number of nitrogens with zero attached hydrogens (tertiary/aromatic N) is 4. The van der Waals surface area contributed by atoms with Crippen molar-refractivity contribution in [2.75, 3.05) is 19.9 Å². The number of hydrogen-bond acceptors (Lipinski definition) is 5. The average molecular weight is 461 g/mol. The largest absolute Gasteiger partial charge is 0.494 e. The number of thioether (sulfide) groups is 1. The number of ether oxygens (including phenoxy) is 1. The van der Waals surface area contributed by atoms with Crippen LogP contribution in [0.1, 0.15) is 19.4 Å². The SMILES string of the molecule is COc1ccc(CN(C)C(=O)CSc2nnc(-c3ccccc3F)n2CC(C)C)cc1F. The minimum absolute atomic E-state index is 0.128. The Kier molecular flexibility index (Phi) is 7.84. The van der Waals surface area contributed by atoms with Crippen molar-refractivity contribution >= 4 is 17.7 Å². The van der Waals surface area contributed by atoms with Gasteiger partial charge in [0.05, 0.1) is 18.4 Å². The maximum absolute atomic E-state index is 14.3. The molecule has 0 fully saturated rings. The summed E-state index contributed by atoms with van der Waals surface area (Å²) in [5.41, 5.74) is 1.03. The Hall–Kier alpha value is -2.94. The molecule has 3 aromatic rings. The summed E-state index contributed by atoms with van der Waals surface area (Å²) in [6, 6.07) is 11.0. The minimum atomic E-state index is -0.470. The van der Waals surface area contributed by atoms with Crippen molar-refractivity contribution in [2.24, 2.45) is 5.92 Å². The fourth-order valence-electron chi connectivity index (χ4n) is 3.17. The van der Waals surface area contributed by atoms with Crippen LogP contribution in [0.3, 0.4) is 0 Å². The second-order valence-corrected chi connectivity index (χ2v) is 8.74. The van der Waals surface area contributed by atoms with Gasteiger partial charge in [0, 0.05) is 20.1 Å². The first-order valence-electron chi connectivity index (χ1n) is 10.2. The first-order chi connectivity index (χ1) is 15.3. The molecule has 1 aromatic heterocycles. The van der Waals surface area contributed by atoms with Gasteiger partial charge in [0.1, 0.15) is 5.82 Å². The number of carbonyl (C=O) groups excluding carboxylic acids is 1. The fraction of sp³-hybridized carbons (Fsp3) is 0.348. The number of halogens is 2. The number of hydrogen-bond donors (Lipinski definition) is 0. The Bertz CT molecular complexity index is 1090. The van der Waals surface area contributed by atoms with Gasteiger partial charge in [-0.1, -0.05) is 43.8 Å². The molecule has 0 bridgehead atoms. The minimum Gasteiger partial charge on any atom is -0.494 e. The van der Waals surface area contributed by atoms with Crippen LogP contribution in [0.25, 0.3) is 11.4 Å². The molecule has 0 unspecified atom stereocenters. The Balaban J connectivity index is 1.71. The molecule has 1 amide bonds. The quantitative estimate of drug-likeness (QED) is 0.436. The molecule has 9 heteroatoms. The van der Waals surface area contributed by atoms with Gasteiger partial charge in [0.15, 0.2) is 22.5 Å². The van der Waals surface area contributed by atoms with Crippen molar-refractivity contribution < 1.29 is 18.3 Å². The lowest BCUT2D eigenvalue weighted by Crippen LogP contribution is -2.28. The predicted molar refractivity (Wildman–Crippen MR) is 120 cm³/mol. The Labute approximate surface area is 190 Å². The van der Waals surface area contributed by atoms with Crippen LogP contribution < -0.4 is 4.74 Å². The molecule has 0 saturated carbocycles. The zero-order valence-electron chi connectivity index (χ0n) is 18.5. The number of benzene rings is 2. The molecular formula is C23H26F2N4O2S. The van der Waals surface area contributed by atoms with Crippen molar-refractivity contribution in [3.05, 3.63) is 59.7 Å². The number of aromatic nitrogens is 3. The molecule has 0 aliphatic carbocycles. The van der Waals surface area contributed by atoms with Gasteiger partial charge < -0.3 is 14.2 Å². The first-order valence-corrected chi connectivity index (χ1v) is 11.2. The molecular weight excluding hydrogens is 434 g/mol. The summed E-state index contributed by atoms with van der Waals surface area (Å²) in [7, 11) is 3.06. The molecule has 6 nitrogen and oxygen atoms in total. The van der Waals surface area contributed by atoms with Gasteiger partial charge in [0.25, 0.3) is 0 Å². The number of carbonyl (C=O) groups is 1. The second kappa shape index (κ2) is 10.6. The van der Waals surface area contributed by atoms with Gasteiger partial charge in [0.2, 0.25) is 5.91 Å². The predicted octanol–water partition coefficient (Wildman–Crippen LogP) is 4.64. The maximum Gasteiger partial charge on any atom is 0.233 e. The number of amides is 1. The van der Waals surface area contributed by atoms with E-state index in [1.165, 1.54) is 42.0 Å². The fourth-order valence-corrected chi connectivity index (χ4v) is 4.06. The van der Waals surface area contributed by atoms with Crippen LogP contribution in [0.4, 0.5) is 8.78 Å². The van der Waals surface area contributed by atoms with Crippen LogP contribution in [-0.2, 0) is 17.9 Å². The van der Waals surface area contributed by atoms with E-state index in [0.29, 0.717) is 28.7 Å². The first kappa shape index (κ1) is 23.7. The summed E-state index contributed by atoms with van der Waals surface area (Å²) in [5, 5.41) is 8.95. The third kappa shape index (κ3) is 5.64. The van der Waals surface area contributed by atoms with E-state index in [1.54, 1.807) is 31.3 Å². The molecule has 3 rings (SSSR count). The third-order valence-corrected chi connectivity index (χ3v) is 5.72. The summed E-state index contributed by atoms with van der Waals surface area (Å²) in [6.07, 6.45) is 0. The Morgan fingerprint density at radius 3 is 2.56 bits per heavy atom. The zero-order valence-corrected chi connectivity index (χ0v) is 19.3. The highest BCUT2D eigenvalue weighted by molar-refractivity contribution is 7.99. The topological polar surface area (TPSA) is 60.2 Å². The van der Waals surface area contributed by atoms with Crippen LogP contribution in [0, 0.1) is 17.6 Å². The molecule has 0 N–H and O–H groups in total. The molecule has 0 saturated heterocycles. The van der Waals surface area contributed by atoms with Crippen molar-refractivity contribution in [1.82, 2.24) is 19.7 Å². The highest BCUT2D eigenvalue weighted by atomic mass is 32.2. The number of rotatable bonds is 9. The van der Waals surface area contributed by atoms with E-state index < -0.39 is 5.82 Å². The van der Waals surface area contributed by atoms with Crippen molar-refractivity contribution in [1.29, 1.82) is 0 Å². The average Bonchev–Trinajstić information content (AvgIpc) is 3.14. The highest BCUT2D eigenvalue weighted by Crippen LogP contribution is 2.27. The van der Waals surface area contributed by atoms with E-state index in [9.17, 15) is 13.6 Å². The molecule has 0 aliphatic rings. The second-order valence-electron chi connectivity index (χ2n) is 7.80. The normalized spacial score (nSPS) is 11.1. The molecule has 0 atom stereocenters. The molecule has 0 spiro atoms. The van der Waals surface area contributed by atoms with E-state index in [-0.39, 0.29) is 35.7 Å². The summed E-state index contributed by atoms with van der Waals surface area (Å²) < 4.78 is 35.0. The van der Waals surface area contributed by atoms with Gasteiger partial charge in [-0.25, -0.2) is 8.78 Å². The van der Waals surface area contributed by atoms with Crippen LogP contribution in [0.5, 0.6) is 5.75 Å². The molecule has 0 radical (unpaired) electrons.